The average molecular weight is 396 g/mol. The van der Waals surface area contributed by atoms with Crippen molar-refractivity contribution in [3.8, 4) is 16.9 Å². The molecule has 4 N–H and O–H groups in total. The van der Waals surface area contributed by atoms with Gasteiger partial charge in [0.2, 0.25) is 0 Å². The molecular formula is C23H28N2O4+2. The highest BCUT2D eigenvalue weighted by Gasteiger charge is 2.26. The smallest absolute Gasteiger partial charge is 0.344 e. The maximum absolute atomic E-state index is 12.8. The molecule has 6 nitrogen and oxygen atoms in total. The lowest BCUT2D eigenvalue weighted by molar-refractivity contribution is -1.02. The molecule has 6 heteroatoms. The maximum atomic E-state index is 12.8. The van der Waals surface area contributed by atoms with Gasteiger partial charge in [0, 0.05) is 5.39 Å². The Hall–Kier alpha value is -2.67. The van der Waals surface area contributed by atoms with Crippen LogP contribution in [0.2, 0.25) is 0 Å². The highest BCUT2D eigenvalue weighted by molar-refractivity contribution is 5.89. The van der Waals surface area contributed by atoms with E-state index in [4.69, 9.17) is 9.52 Å². The molecule has 1 aromatic heterocycles. The molecular weight excluding hydrogens is 368 g/mol. The number of fused-ring (bicyclic) bond motifs is 1. The molecule has 0 unspecified atom stereocenters. The average Bonchev–Trinajstić information content (AvgIpc) is 2.72. The van der Waals surface area contributed by atoms with Crippen LogP contribution in [-0.2, 0) is 6.54 Å². The normalized spacial score (nSPS) is 19.5. The molecule has 4 rings (SSSR count). The number of quaternary nitrogens is 2. The minimum Gasteiger partial charge on any atom is -0.507 e. The number of nitrogens with one attached hydrogen (secondary N) is 2. The summed E-state index contributed by atoms with van der Waals surface area (Å²) in [6, 6.07) is 13.1. The summed E-state index contributed by atoms with van der Waals surface area (Å²) in [6.45, 7) is 7.43. The molecule has 1 saturated heterocycles. The van der Waals surface area contributed by atoms with E-state index in [1.54, 1.807) is 6.07 Å². The number of aliphatic hydroxyl groups is 1. The Balaban J connectivity index is 1.70. The topological polar surface area (TPSA) is 79.5 Å². The molecule has 152 valence electrons. The number of aliphatic hydroxyl groups excluding tert-OH is 1. The molecule has 0 radical (unpaired) electrons. The predicted molar refractivity (Wildman–Crippen MR) is 111 cm³/mol. The van der Waals surface area contributed by atoms with Crippen LogP contribution in [0.15, 0.2) is 51.7 Å². The SMILES string of the molecule is Cc1c(-c2ccccc2)c(=O)oc2c(C[NH+]3CC[NH+](CCO)CC3)c(O)ccc12. The van der Waals surface area contributed by atoms with Gasteiger partial charge >= 0.3 is 5.63 Å². The number of benzene rings is 2. The standard InChI is InChI=1S/C23H26N2O4/c1-16-18-7-8-20(27)19(15-25-11-9-24(10-12-25)13-14-26)22(18)29-23(28)21(16)17-5-3-2-4-6-17/h2-8,26-27H,9-15H2,1H3/p+2. The Morgan fingerprint density at radius 1 is 1.00 bits per heavy atom. The van der Waals surface area contributed by atoms with Crippen molar-refractivity contribution in [2.75, 3.05) is 39.3 Å². The lowest BCUT2D eigenvalue weighted by Crippen LogP contribution is -3.27. The molecule has 3 aromatic rings. The van der Waals surface area contributed by atoms with E-state index in [9.17, 15) is 9.90 Å². The van der Waals surface area contributed by atoms with E-state index >= 15 is 0 Å². The predicted octanol–water partition coefficient (Wildman–Crippen LogP) is -0.250. The minimum absolute atomic E-state index is 0.171. The molecule has 0 spiro atoms. The highest BCUT2D eigenvalue weighted by Crippen LogP contribution is 2.31. The Bertz CT molecular complexity index is 1050. The summed E-state index contributed by atoms with van der Waals surface area (Å²) in [6.07, 6.45) is 0. The van der Waals surface area contributed by atoms with Crippen molar-refractivity contribution in [3.05, 3.63) is 64.0 Å². The Kier molecular flexibility index (Phi) is 5.67. The molecule has 0 amide bonds. The third kappa shape index (κ3) is 3.92. The Morgan fingerprint density at radius 3 is 2.38 bits per heavy atom. The summed E-state index contributed by atoms with van der Waals surface area (Å²) >= 11 is 0. The van der Waals surface area contributed by atoms with E-state index in [1.165, 1.54) is 9.80 Å². The monoisotopic (exact) mass is 396 g/mol. The molecule has 0 aliphatic carbocycles. The number of rotatable bonds is 5. The van der Waals surface area contributed by atoms with Crippen LogP contribution in [0.5, 0.6) is 5.75 Å². The van der Waals surface area contributed by atoms with Crippen molar-refractivity contribution in [2.45, 2.75) is 13.5 Å². The Morgan fingerprint density at radius 2 is 1.69 bits per heavy atom. The number of phenolic OH excluding ortho intramolecular Hbond substituents is 1. The fraction of sp³-hybridized carbons (Fsp3) is 0.348. The van der Waals surface area contributed by atoms with Gasteiger partial charge in [-0.05, 0) is 30.2 Å². The van der Waals surface area contributed by atoms with Gasteiger partial charge in [0.15, 0.2) is 5.58 Å². The van der Waals surface area contributed by atoms with Crippen LogP contribution in [-0.4, -0.2) is 49.5 Å². The van der Waals surface area contributed by atoms with Crippen LogP contribution < -0.4 is 15.4 Å². The zero-order chi connectivity index (χ0) is 20.4. The molecule has 2 heterocycles. The van der Waals surface area contributed by atoms with Gasteiger partial charge in [-0.25, -0.2) is 4.79 Å². The fourth-order valence-electron chi connectivity index (χ4n) is 4.36. The Labute approximate surface area is 169 Å². The molecule has 0 bridgehead atoms. The van der Waals surface area contributed by atoms with Crippen molar-refractivity contribution < 1.29 is 24.4 Å². The summed E-state index contributed by atoms with van der Waals surface area (Å²) in [4.78, 5) is 15.6. The molecule has 1 aliphatic rings. The highest BCUT2D eigenvalue weighted by atomic mass is 16.4. The minimum atomic E-state index is -0.375. The lowest BCUT2D eigenvalue weighted by atomic mass is 9.98. The summed E-state index contributed by atoms with van der Waals surface area (Å²) in [5.74, 6) is 0.171. The van der Waals surface area contributed by atoms with Gasteiger partial charge in [-0.3, -0.25) is 0 Å². The van der Waals surface area contributed by atoms with Crippen LogP contribution >= 0.6 is 0 Å². The van der Waals surface area contributed by atoms with Gasteiger partial charge in [0.25, 0.3) is 0 Å². The second-order valence-electron chi connectivity index (χ2n) is 7.85. The lowest BCUT2D eigenvalue weighted by Gasteiger charge is -2.29. The van der Waals surface area contributed by atoms with Crippen molar-refractivity contribution in [1.82, 2.24) is 0 Å². The zero-order valence-corrected chi connectivity index (χ0v) is 16.7. The van der Waals surface area contributed by atoms with Crippen LogP contribution in [0.4, 0.5) is 0 Å². The summed E-state index contributed by atoms with van der Waals surface area (Å²) in [5.41, 5.74) is 3.09. The van der Waals surface area contributed by atoms with Gasteiger partial charge in [0.05, 0.1) is 17.7 Å². The van der Waals surface area contributed by atoms with Crippen molar-refractivity contribution in [1.29, 1.82) is 0 Å². The second-order valence-corrected chi connectivity index (χ2v) is 7.85. The molecule has 2 aromatic carbocycles. The van der Waals surface area contributed by atoms with Crippen molar-refractivity contribution in [3.63, 3.8) is 0 Å². The first-order chi connectivity index (χ1) is 14.1. The van der Waals surface area contributed by atoms with Crippen LogP contribution in [0.1, 0.15) is 11.1 Å². The number of aromatic hydroxyl groups is 1. The van der Waals surface area contributed by atoms with Crippen LogP contribution in [0.25, 0.3) is 22.1 Å². The number of hydrogen-bond acceptors (Lipinski definition) is 4. The van der Waals surface area contributed by atoms with E-state index in [0.29, 0.717) is 23.3 Å². The molecule has 29 heavy (non-hydrogen) atoms. The van der Waals surface area contributed by atoms with Gasteiger partial charge in [-0.1, -0.05) is 30.3 Å². The summed E-state index contributed by atoms with van der Waals surface area (Å²) in [5, 5.41) is 20.5. The first-order valence-electron chi connectivity index (χ1n) is 10.2. The first-order valence-corrected chi connectivity index (χ1v) is 10.2. The quantitative estimate of drug-likeness (QED) is 0.449. The maximum Gasteiger partial charge on any atom is 0.344 e. The summed E-state index contributed by atoms with van der Waals surface area (Å²) in [7, 11) is 0. The van der Waals surface area contributed by atoms with E-state index in [1.807, 2.05) is 43.3 Å². The number of aryl methyl sites for hydroxylation is 1. The van der Waals surface area contributed by atoms with E-state index in [2.05, 4.69) is 0 Å². The van der Waals surface area contributed by atoms with Crippen molar-refractivity contribution in [2.24, 2.45) is 0 Å². The molecule has 0 atom stereocenters. The zero-order valence-electron chi connectivity index (χ0n) is 16.7. The largest absolute Gasteiger partial charge is 0.507 e. The van der Waals surface area contributed by atoms with E-state index in [0.717, 1.165) is 49.2 Å². The van der Waals surface area contributed by atoms with Crippen LogP contribution in [0, 0.1) is 6.92 Å². The van der Waals surface area contributed by atoms with Gasteiger partial charge < -0.3 is 24.4 Å². The number of hydrogen-bond donors (Lipinski definition) is 4. The fourth-order valence-corrected chi connectivity index (χ4v) is 4.36. The number of piperazine rings is 1. The molecule has 0 saturated carbocycles. The second kappa shape index (κ2) is 8.37. The van der Waals surface area contributed by atoms with Crippen LogP contribution in [0.3, 0.4) is 0 Å². The van der Waals surface area contributed by atoms with Gasteiger partial charge in [0.1, 0.15) is 45.0 Å². The molecule has 1 aliphatic heterocycles. The van der Waals surface area contributed by atoms with Crippen molar-refractivity contribution >= 4 is 11.0 Å². The van der Waals surface area contributed by atoms with E-state index < -0.39 is 0 Å². The van der Waals surface area contributed by atoms with E-state index in [-0.39, 0.29) is 18.0 Å². The third-order valence-corrected chi connectivity index (χ3v) is 6.03. The number of phenols is 1. The van der Waals surface area contributed by atoms with Gasteiger partial charge in [-0.15, -0.1) is 0 Å². The van der Waals surface area contributed by atoms with Gasteiger partial charge in [-0.2, -0.15) is 0 Å². The molecule has 1 fully saturated rings. The third-order valence-electron chi connectivity index (χ3n) is 6.03. The summed E-state index contributed by atoms with van der Waals surface area (Å²) < 4.78 is 5.77. The first kappa shape index (κ1) is 19.6.